The van der Waals surface area contributed by atoms with Crippen molar-refractivity contribution in [1.82, 2.24) is 20.1 Å². The van der Waals surface area contributed by atoms with E-state index in [2.05, 4.69) is 27.3 Å². The molecule has 0 atom stereocenters. The highest BCUT2D eigenvalue weighted by atomic mass is 16.2. The molecule has 5 nitrogen and oxygen atoms in total. The number of H-pyrrole nitrogens is 2. The van der Waals surface area contributed by atoms with Crippen LogP contribution in [0, 0.1) is 0 Å². The molecule has 4 aromatic rings. The molecule has 0 saturated heterocycles. The van der Waals surface area contributed by atoms with Crippen LogP contribution in [0.25, 0.3) is 22.2 Å². The van der Waals surface area contributed by atoms with Crippen molar-refractivity contribution >= 4 is 16.8 Å². The molecule has 2 aromatic carbocycles. The van der Waals surface area contributed by atoms with Crippen LogP contribution >= 0.6 is 0 Å². The van der Waals surface area contributed by atoms with Crippen molar-refractivity contribution in [2.24, 2.45) is 0 Å². The summed E-state index contributed by atoms with van der Waals surface area (Å²) < 4.78 is 0. The third kappa shape index (κ3) is 2.32. The number of carbonyl (C=O) groups is 1. The molecule has 0 radical (unpaired) electrons. The number of hydrogen-bond donors (Lipinski definition) is 2. The van der Waals surface area contributed by atoms with Crippen molar-refractivity contribution in [1.29, 1.82) is 0 Å². The number of carbonyl (C=O) groups excluding carboxylic acids is 1. The Labute approximate surface area is 150 Å². The summed E-state index contributed by atoms with van der Waals surface area (Å²) in [6.45, 7) is 1.27. The minimum atomic E-state index is 0.0633. The van der Waals surface area contributed by atoms with E-state index in [-0.39, 0.29) is 5.91 Å². The molecule has 1 aliphatic heterocycles. The first kappa shape index (κ1) is 15.0. The molecule has 0 spiro atoms. The fourth-order valence-electron chi connectivity index (χ4n) is 3.72. The van der Waals surface area contributed by atoms with Crippen LogP contribution in [-0.4, -0.2) is 32.5 Å². The van der Waals surface area contributed by atoms with E-state index >= 15 is 0 Å². The fraction of sp³-hybridized carbons (Fsp3) is 0.143. The second-order valence-electron chi connectivity index (χ2n) is 6.62. The molecule has 2 aromatic heterocycles. The van der Waals surface area contributed by atoms with Crippen LogP contribution in [0.15, 0.2) is 60.8 Å². The number of nitrogens with zero attached hydrogens (tertiary/aromatic N) is 2. The van der Waals surface area contributed by atoms with Gasteiger partial charge in [0.15, 0.2) is 0 Å². The van der Waals surface area contributed by atoms with Crippen LogP contribution in [0.1, 0.15) is 21.6 Å². The SMILES string of the molecule is O=C(c1c[nH]c2ccccc12)N1CCc2[nH]nc(-c3ccccc3)c2C1. The van der Waals surface area contributed by atoms with Gasteiger partial charge in [0.05, 0.1) is 11.3 Å². The van der Waals surface area contributed by atoms with E-state index in [9.17, 15) is 4.79 Å². The summed E-state index contributed by atoms with van der Waals surface area (Å²) in [6.07, 6.45) is 2.61. The minimum Gasteiger partial charge on any atom is -0.360 e. The van der Waals surface area contributed by atoms with Crippen molar-refractivity contribution in [2.75, 3.05) is 6.54 Å². The maximum atomic E-state index is 13.1. The van der Waals surface area contributed by atoms with Gasteiger partial charge >= 0.3 is 0 Å². The zero-order chi connectivity index (χ0) is 17.5. The fourth-order valence-corrected chi connectivity index (χ4v) is 3.72. The topological polar surface area (TPSA) is 64.8 Å². The van der Waals surface area contributed by atoms with Crippen LogP contribution in [0.4, 0.5) is 0 Å². The van der Waals surface area contributed by atoms with Crippen LogP contribution in [0.5, 0.6) is 0 Å². The van der Waals surface area contributed by atoms with Crippen molar-refractivity contribution < 1.29 is 4.79 Å². The quantitative estimate of drug-likeness (QED) is 0.582. The average Bonchev–Trinajstić information content (AvgIpc) is 3.32. The third-order valence-corrected chi connectivity index (χ3v) is 5.09. The highest BCUT2D eigenvalue weighted by molar-refractivity contribution is 6.06. The van der Waals surface area contributed by atoms with Crippen molar-refractivity contribution in [2.45, 2.75) is 13.0 Å². The van der Waals surface area contributed by atoms with Gasteiger partial charge in [-0.25, -0.2) is 0 Å². The highest BCUT2D eigenvalue weighted by Crippen LogP contribution is 2.29. The van der Waals surface area contributed by atoms with Crippen LogP contribution < -0.4 is 0 Å². The molecule has 1 aliphatic rings. The number of nitrogens with one attached hydrogen (secondary N) is 2. The number of rotatable bonds is 2. The molecule has 5 heteroatoms. The van der Waals surface area contributed by atoms with Crippen LogP contribution in [0.2, 0.25) is 0 Å². The number of benzene rings is 2. The Balaban J connectivity index is 1.49. The van der Waals surface area contributed by atoms with Gasteiger partial charge in [-0.15, -0.1) is 0 Å². The molecule has 2 N–H and O–H groups in total. The Morgan fingerprint density at radius 2 is 1.85 bits per heavy atom. The normalized spacial score (nSPS) is 13.8. The van der Waals surface area contributed by atoms with E-state index in [4.69, 9.17) is 0 Å². The van der Waals surface area contributed by atoms with E-state index < -0.39 is 0 Å². The summed E-state index contributed by atoms with van der Waals surface area (Å²) in [6, 6.07) is 18.0. The molecule has 0 unspecified atom stereocenters. The Bertz CT molecular complexity index is 1090. The number of amides is 1. The largest absolute Gasteiger partial charge is 0.360 e. The summed E-state index contributed by atoms with van der Waals surface area (Å²) >= 11 is 0. The summed E-state index contributed by atoms with van der Waals surface area (Å²) in [7, 11) is 0. The van der Waals surface area contributed by atoms with E-state index in [1.165, 1.54) is 0 Å². The van der Waals surface area contributed by atoms with E-state index in [1.54, 1.807) is 0 Å². The molecular formula is C21H18N4O. The molecule has 5 rings (SSSR count). The standard InChI is InChI=1S/C21H18N4O/c26-21(16-12-22-18-9-5-4-8-15(16)18)25-11-10-19-17(13-25)20(24-23-19)14-6-2-1-3-7-14/h1-9,12,22H,10-11,13H2,(H,23,24). The Hall–Kier alpha value is -3.34. The second kappa shape index (κ2) is 5.88. The average molecular weight is 342 g/mol. The van der Waals surface area contributed by atoms with Gasteiger partial charge < -0.3 is 9.88 Å². The molecule has 0 aliphatic carbocycles. The summed E-state index contributed by atoms with van der Waals surface area (Å²) in [5.41, 5.74) is 5.99. The first-order valence-electron chi connectivity index (χ1n) is 8.78. The van der Waals surface area contributed by atoms with Crippen molar-refractivity contribution in [3.05, 3.63) is 77.6 Å². The van der Waals surface area contributed by atoms with E-state index in [0.29, 0.717) is 13.1 Å². The number of hydrogen-bond acceptors (Lipinski definition) is 2. The summed E-state index contributed by atoms with van der Waals surface area (Å²) in [4.78, 5) is 18.2. The maximum Gasteiger partial charge on any atom is 0.256 e. The van der Waals surface area contributed by atoms with E-state index in [0.717, 1.165) is 45.4 Å². The lowest BCUT2D eigenvalue weighted by molar-refractivity contribution is 0.0736. The second-order valence-corrected chi connectivity index (χ2v) is 6.62. The van der Waals surface area contributed by atoms with Gasteiger partial charge in [-0.2, -0.15) is 5.10 Å². The zero-order valence-corrected chi connectivity index (χ0v) is 14.2. The summed E-state index contributed by atoms with van der Waals surface area (Å²) in [5.74, 6) is 0.0633. The van der Waals surface area contributed by atoms with Gasteiger partial charge in [0, 0.05) is 53.4 Å². The monoisotopic (exact) mass is 342 g/mol. The minimum absolute atomic E-state index is 0.0633. The lowest BCUT2D eigenvalue weighted by Crippen LogP contribution is -2.35. The van der Waals surface area contributed by atoms with Gasteiger partial charge in [0.1, 0.15) is 0 Å². The zero-order valence-electron chi connectivity index (χ0n) is 14.2. The van der Waals surface area contributed by atoms with Gasteiger partial charge in [-0.3, -0.25) is 9.89 Å². The first-order valence-corrected chi connectivity index (χ1v) is 8.78. The van der Waals surface area contributed by atoms with Gasteiger partial charge in [-0.05, 0) is 6.07 Å². The molecule has 128 valence electrons. The van der Waals surface area contributed by atoms with Gasteiger partial charge in [0.25, 0.3) is 5.91 Å². The number of fused-ring (bicyclic) bond motifs is 2. The Morgan fingerprint density at radius 1 is 1.04 bits per heavy atom. The molecule has 26 heavy (non-hydrogen) atoms. The number of para-hydroxylation sites is 1. The lowest BCUT2D eigenvalue weighted by Gasteiger charge is -2.27. The third-order valence-electron chi connectivity index (χ3n) is 5.09. The molecule has 3 heterocycles. The first-order chi connectivity index (χ1) is 12.8. The number of aromatic amines is 2. The lowest BCUT2D eigenvalue weighted by atomic mass is 10.0. The van der Waals surface area contributed by atoms with Crippen LogP contribution in [-0.2, 0) is 13.0 Å². The molecule has 0 fully saturated rings. The van der Waals surface area contributed by atoms with Gasteiger partial charge in [0.2, 0.25) is 0 Å². The smallest absolute Gasteiger partial charge is 0.256 e. The molecule has 0 bridgehead atoms. The molecule has 0 saturated carbocycles. The number of aromatic nitrogens is 3. The maximum absolute atomic E-state index is 13.1. The highest BCUT2D eigenvalue weighted by Gasteiger charge is 2.27. The van der Waals surface area contributed by atoms with E-state index in [1.807, 2.05) is 53.6 Å². The van der Waals surface area contributed by atoms with Crippen LogP contribution in [0.3, 0.4) is 0 Å². The molecular weight excluding hydrogens is 324 g/mol. The Kier molecular flexibility index (Phi) is 3.38. The predicted molar refractivity (Wildman–Crippen MR) is 101 cm³/mol. The Morgan fingerprint density at radius 3 is 2.73 bits per heavy atom. The predicted octanol–water partition coefficient (Wildman–Crippen LogP) is 3.76. The molecule has 1 amide bonds. The van der Waals surface area contributed by atoms with Crippen molar-refractivity contribution in [3.8, 4) is 11.3 Å². The van der Waals surface area contributed by atoms with Gasteiger partial charge in [-0.1, -0.05) is 48.5 Å². The van der Waals surface area contributed by atoms with Crippen molar-refractivity contribution in [3.63, 3.8) is 0 Å². The summed E-state index contributed by atoms with van der Waals surface area (Å²) in [5, 5.41) is 8.63.